The molecule has 26 heavy (non-hydrogen) atoms. The van der Waals surface area contributed by atoms with Crippen LogP contribution in [0.4, 0.5) is 0 Å². The molecule has 2 atom stereocenters. The van der Waals surface area contributed by atoms with Crippen molar-refractivity contribution >= 4 is 0 Å². The average Bonchev–Trinajstić information content (AvgIpc) is 2.42. The van der Waals surface area contributed by atoms with Crippen LogP contribution in [0.3, 0.4) is 0 Å². The summed E-state index contributed by atoms with van der Waals surface area (Å²) in [6.07, 6.45) is -15.0. The van der Waals surface area contributed by atoms with Gasteiger partial charge in [0.05, 0.1) is 9.85 Å². The lowest BCUT2D eigenvalue weighted by Crippen LogP contribution is -2.66. The van der Waals surface area contributed by atoms with Crippen LogP contribution in [0.2, 0.25) is 0 Å². The van der Waals surface area contributed by atoms with E-state index in [0.29, 0.717) is 0 Å². The summed E-state index contributed by atoms with van der Waals surface area (Å²) in [4.78, 5) is 62.8. The summed E-state index contributed by atoms with van der Waals surface area (Å²) in [5, 5.41) is 71.5. The third-order valence-corrected chi connectivity index (χ3v) is 2.56. The highest BCUT2D eigenvalue weighted by Gasteiger charge is 2.71. The fourth-order valence-electron chi connectivity index (χ4n) is 1.62. The smallest absolute Gasteiger partial charge is 0.262 e. The minimum Gasteiger partial charge on any atom is -0.262 e. The molecule has 0 rings (SSSR count). The molecule has 144 valence electrons. The molecule has 0 aliphatic heterocycles. The van der Waals surface area contributed by atoms with Gasteiger partial charge >= 0.3 is 24.7 Å². The van der Waals surface area contributed by atoms with E-state index in [-0.39, 0.29) is 0 Å². The molecule has 0 fully saturated rings. The number of nitrogens with zero attached hydrogens (tertiary/aromatic N) is 8. The van der Waals surface area contributed by atoms with Crippen molar-refractivity contribution in [3.8, 4) is 0 Å². The van der Waals surface area contributed by atoms with Crippen LogP contribution in [-0.4, -0.2) is 64.2 Å². The van der Waals surface area contributed by atoms with Gasteiger partial charge in [-0.1, -0.05) is 0 Å². The molecule has 0 saturated carbocycles. The fourth-order valence-corrected chi connectivity index (χ4v) is 1.62. The molecule has 22 heteroatoms. The average molecular weight is 388 g/mol. The van der Waals surface area contributed by atoms with Crippen molar-refractivity contribution in [2.75, 3.05) is 0 Å². The number of hydrogen-bond donors (Lipinski definition) is 0. The van der Waals surface area contributed by atoms with Gasteiger partial charge in [0.15, 0.2) is 5.03 Å². The quantitative estimate of drug-likeness (QED) is 0.199. The third kappa shape index (κ3) is 4.32. The Kier molecular flexibility index (Phi) is 6.58. The summed E-state index contributed by atoms with van der Waals surface area (Å²) >= 11 is 0. The summed E-state index contributed by atoms with van der Waals surface area (Å²) in [6.45, 7) is 0. The molecule has 0 radical (unpaired) electrons. The lowest BCUT2D eigenvalue weighted by molar-refractivity contribution is -0.876. The van der Waals surface area contributed by atoms with Gasteiger partial charge in [-0.25, -0.2) is 10.1 Å². The van der Waals surface area contributed by atoms with E-state index in [0.717, 1.165) is 0 Å². The number of hydrogen-bond acceptors (Lipinski definition) is 14. The SMILES string of the molecule is O=[N+]([O-])C(C([N+](=O)[O-])[N+](=O)[O-])N(C(C([N+](=O)[O-])[N+](=O)[O-])[N+](=O)[O-])[N+](=O)[O-]. The molecule has 0 bridgehead atoms. The van der Waals surface area contributed by atoms with Crippen molar-refractivity contribution in [1.29, 1.82) is 0 Å². The monoisotopic (exact) mass is 388 g/mol. The van der Waals surface area contributed by atoms with Crippen LogP contribution in [0.15, 0.2) is 0 Å². The van der Waals surface area contributed by atoms with E-state index >= 15 is 0 Å². The van der Waals surface area contributed by atoms with E-state index in [2.05, 4.69) is 0 Å². The topological polar surface area (TPSA) is 305 Å². The normalized spacial score (nSPS) is 12.8. The lowest BCUT2D eigenvalue weighted by atomic mass is 10.3. The minimum absolute atomic E-state index is 1.48. The highest BCUT2D eigenvalue weighted by atomic mass is 16.7. The van der Waals surface area contributed by atoms with Gasteiger partial charge in [-0.2, -0.15) is 0 Å². The van der Waals surface area contributed by atoms with E-state index in [9.17, 15) is 70.8 Å². The molecule has 0 aromatic heterocycles. The second kappa shape index (κ2) is 7.93. The first-order chi connectivity index (χ1) is 11.7. The molecule has 0 N–H and O–H groups in total. The van der Waals surface area contributed by atoms with Gasteiger partial charge in [0.2, 0.25) is 0 Å². The maximum atomic E-state index is 10.9. The van der Waals surface area contributed by atoms with Gasteiger partial charge in [-0.15, -0.1) is 0 Å². The van der Waals surface area contributed by atoms with Crippen molar-refractivity contribution in [3.63, 3.8) is 0 Å². The third-order valence-electron chi connectivity index (χ3n) is 2.56. The summed E-state index contributed by atoms with van der Waals surface area (Å²) < 4.78 is 0. The standard InChI is InChI=1S/C4H4N8O14/c13-6(14)1(3(8(17)18)9(19)20)5(12(25)26)2(7(15)16)4(10(21)22)11(23)24/h1-4H. The predicted octanol–water partition coefficient (Wildman–Crippen LogP) is -2.56. The van der Waals surface area contributed by atoms with Crippen molar-refractivity contribution in [2.24, 2.45) is 0 Å². The lowest BCUT2D eigenvalue weighted by Gasteiger charge is -2.18. The molecule has 0 aromatic rings. The Hall–Kier alpha value is -4.40. The summed E-state index contributed by atoms with van der Waals surface area (Å²) in [5.41, 5.74) is 0. The highest BCUT2D eigenvalue weighted by molar-refractivity contribution is 4.65. The van der Waals surface area contributed by atoms with Crippen LogP contribution >= 0.6 is 0 Å². The fraction of sp³-hybridized carbons (Fsp3) is 1.00. The van der Waals surface area contributed by atoms with Crippen LogP contribution in [0.1, 0.15) is 0 Å². The zero-order valence-electron chi connectivity index (χ0n) is 11.6. The van der Waals surface area contributed by atoms with E-state index in [1.807, 2.05) is 0 Å². The highest BCUT2D eigenvalue weighted by Crippen LogP contribution is 2.18. The zero-order chi connectivity index (χ0) is 20.9. The van der Waals surface area contributed by atoms with Crippen molar-refractivity contribution in [3.05, 3.63) is 70.8 Å². The Morgan fingerprint density at radius 1 is 0.462 bits per heavy atom. The van der Waals surface area contributed by atoms with Gasteiger partial charge in [0.1, 0.15) is 19.7 Å². The first-order valence-corrected chi connectivity index (χ1v) is 5.49. The van der Waals surface area contributed by atoms with Crippen LogP contribution < -0.4 is 0 Å². The molecule has 0 aliphatic rings. The number of nitro groups is 7. The van der Waals surface area contributed by atoms with E-state index in [1.54, 1.807) is 0 Å². The van der Waals surface area contributed by atoms with Crippen LogP contribution in [0.5, 0.6) is 0 Å². The molecule has 2 unspecified atom stereocenters. The number of hydrazine groups is 1. The van der Waals surface area contributed by atoms with Crippen molar-refractivity contribution < 1.29 is 34.6 Å². The summed E-state index contributed by atoms with van der Waals surface area (Å²) in [7, 11) is 0. The summed E-state index contributed by atoms with van der Waals surface area (Å²) in [5.74, 6) is 0. The van der Waals surface area contributed by atoms with Crippen LogP contribution in [0.25, 0.3) is 0 Å². The minimum atomic E-state index is -3.78. The molecule has 0 amide bonds. The summed E-state index contributed by atoms with van der Waals surface area (Å²) in [6, 6.07) is 0. The molecule has 0 saturated heterocycles. The van der Waals surface area contributed by atoms with E-state index in [1.165, 1.54) is 0 Å². The Balaban J connectivity index is 6.69. The zero-order valence-corrected chi connectivity index (χ0v) is 11.6. The van der Waals surface area contributed by atoms with E-state index < -0.39 is 64.2 Å². The molecule has 0 heterocycles. The van der Waals surface area contributed by atoms with Gasteiger partial charge < -0.3 is 0 Å². The molecular formula is C4H4N8O14. The molecule has 22 nitrogen and oxygen atoms in total. The van der Waals surface area contributed by atoms with Crippen LogP contribution in [-0.2, 0) is 0 Å². The van der Waals surface area contributed by atoms with Crippen molar-refractivity contribution in [1.82, 2.24) is 5.01 Å². The van der Waals surface area contributed by atoms with Gasteiger partial charge in [0.25, 0.3) is 0 Å². The molecule has 0 aromatic carbocycles. The second-order valence-electron chi connectivity index (χ2n) is 3.98. The Labute approximate surface area is 136 Å². The Bertz CT molecular complexity index is 596. The predicted molar refractivity (Wildman–Crippen MR) is 66.0 cm³/mol. The Morgan fingerprint density at radius 2 is 0.692 bits per heavy atom. The van der Waals surface area contributed by atoms with Gasteiger partial charge in [0, 0.05) is 5.01 Å². The first-order valence-electron chi connectivity index (χ1n) is 5.49. The first kappa shape index (κ1) is 21.6. The number of rotatable bonds is 11. The van der Waals surface area contributed by atoms with E-state index in [4.69, 9.17) is 0 Å². The molecule has 0 spiro atoms. The second-order valence-corrected chi connectivity index (χ2v) is 3.98. The Morgan fingerprint density at radius 3 is 0.808 bits per heavy atom. The maximum absolute atomic E-state index is 10.9. The van der Waals surface area contributed by atoms with Gasteiger partial charge in [-0.05, 0) is 0 Å². The van der Waals surface area contributed by atoms with Crippen molar-refractivity contribution in [2.45, 2.75) is 24.7 Å². The van der Waals surface area contributed by atoms with Crippen LogP contribution in [0, 0.1) is 70.8 Å². The maximum Gasteiger partial charge on any atom is 0.539 e. The largest absolute Gasteiger partial charge is 0.539 e. The van der Waals surface area contributed by atoms with Gasteiger partial charge in [-0.3, -0.25) is 60.7 Å². The molecular weight excluding hydrogens is 384 g/mol. The molecule has 0 aliphatic carbocycles.